The van der Waals surface area contributed by atoms with Crippen molar-refractivity contribution in [3.05, 3.63) is 76.1 Å². The minimum atomic E-state index is -0.335. The molecule has 3 atom stereocenters. The summed E-state index contributed by atoms with van der Waals surface area (Å²) in [7, 11) is 0. The molecule has 5 nitrogen and oxygen atoms in total. The van der Waals surface area contributed by atoms with Crippen molar-refractivity contribution in [1.29, 1.82) is 0 Å². The van der Waals surface area contributed by atoms with Gasteiger partial charge in [0.25, 0.3) is 5.69 Å². The minimum Gasteiger partial charge on any atom is -0.376 e. The van der Waals surface area contributed by atoms with Crippen molar-refractivity contribution in [3.63, 3.8) is 0 Å². The first-order valence-electron chi connectivity index (χ1n) is 7.36. The Labute approximate surface area is 127 Å². The number of aromatic nitrogens is 1. The van der Waals surface area contributed by atoms with Gasteiger partial charge in [-0.25, -0.2) is 0 Å². The number of fused-ring (bicyclic) bond motifs is 3. The van der Waals surface area contributed by atoms with Gasteiger partial charge in [-0.2, -0.15) is 0 Å². The van der Waals surface area contributed by atoms with E-state index in [2.05, 4.69) is 22.5 Å². The van der Waals surface area contributed by atoms with E-state index in [-0.39, 0.29) is 22.6 Å². The summed E-state index contributed by atoms with van der Waals surface area (Å²) in [5, 5.41) is 14.5. The first-order chi connectivity index (χ1) is 10.7. The Morgan fingerprint density at radius 2 is 2.18 bits per heavy atom. The number of nitrogens with zero attached hydrogens (tertiary/aromatic N) is 2. The number of nitro groups is 1. The van der Waals surface area contributed by atoms with E-state index < -0.39 is 0 Å². The van der Waals surface area contributed by atoms with Gasteiger partial charge in [-0.15, -0.1) is 0 Å². The highest BCUT2D eigenvalue weighted by molar-refractivity contribution is 5.62. The van der Waals surface area contributed by atoms with Crippen LogP contribution in [0.4, 0.5) is 11.4 Å². The lowest BCUT2D eigenvalue weighted by molar-refractivity contribution is -0.384. The average Bonchev–Trinajstić information content (AvgIpc) is 3.04. The lowest BCUT2D eigenvalue weighted by Gasteiger charge is -2.36. The molecule has 22 heavy (non-hydrogen) atoms. The van der Waals surface area contributed by atoms with Gasteiger partial charge in [0.15, 0.2) is 0 Å². The molecule has 4 rings (SSSR count). The van der Waals surface area contributed by atoms with E-state index in [9.17, 15) is 10.1 Å². The number of non-ortho nitro benzene ring substituents is 1. The molecule has 5 heteroatoms. The number of nitrogens with one attached hydrogen (secondary N) is 1. The minimum absolute atomic E-state index is 0.134. The fraction of sp³-hybridized carbons (Fsp3) is 0.235. The first kappa shape index (κ1) is 13.0. The fourth-order valence-electron chi connectivity index (χ4n) is 3.55. The maximum absolute atomic E-state index is 11.0. The second-order valence-electron chi connectivity index (χ2n) is 5.76. The van der Waals surface area contributed by atoms with Crippen molar-refractivity contribution >= 4 is 11.4 Å². The highest BCUT2D eigenvalue weighted by Crippen LogP contribution is 2.49. The molecule has 2 heterocycles. The van der Waals surface area contributed by atoms with E-state index in [0.717, 1.165) is 23.4 Å². The van der Waals surface area contributed by atoms with Crippen LogP contribution < -0.4 is 5.32 Å². The van der Waals surface area contributed by atoms with Crippen molar-refractivity contribution in [2.24, 2.45) is 5.92 Å². The molecular formula is C17H15N3O2. The van der Waals surface area contributed by atoms with Crippen LogP contribution in [0.5, 0.6) is 0 Å². The largest absolute Gasteiger partial charge is 0.376 e. The van der Waals surface area contributed by atoms with Crippen LogP contribution >= 0.6 is 0 Å². The van der Waals surface area contributed by atoms with Crippen LogP contribution in [0, 0.1) is 16.0 Å². The Morgan fingerprint density at radius 3 is 2.95 bits per heavy atom. The standard InChI is InChI=1S/C17H15N3O2/c21-20(22)11-7-8-15-14(10-11)12-4-3-5-13(12)17(19-15)16-6-1-2-9-18-16/h1-4,6-10,12-13,17,19H,5H2/t12-,13+,17+/m1/s1. The van der Waals surface area contributed by atoms with Gasteiger partial charge in [-0.3, -0.25) is 15.1 Å². The van der Waals surface area contributed by atoms with Gasteiger partial charge in [0, 0.05) is 29.9 Å². The second-order valence-corrected chi connectivity index (χ2v) is 5.76. The number of anilines is 1. The van der Waals surface area contributed by atoms with E-state index >= 15 is 0 Å². The number of rotatable bonds is 2. The van der Waals surface area contributed by atoms with Crippen LogP contribution in [0.2, 0.25) is 0 Å². The van der Waals surface area contributed by atoms with Crippen molar-refractivity contribution in [1.82, 2.24) is 4.98 Å². The maximum Gasteiger partial charge on any atom is 0.269 e. The monoisotopic (exact) mass is 293 g/mol. The average molecular weight is 293 g/mol. The number of hydrogen-bond donors (Lipinski definition) is 1. The summed E-state index contributed by atoms with van der Waals surface area (Å²) in [6, 6.07) is 11.1. The van der Waals surface area contributed by atoms with E-state index in [1.54, 1.807) is 18.3 Å². The fourth-order valence-corrected chi connectivity index (χ4v) is 3.55. The molecule has 1 aliphatic carbocycles. The molecule has 0 unspecified atom stereocenters. The zero-order valence-electron chi connectivity index (χ0n) is 11.8. The molecule has 2 aromatic rings. The zero-order valence-corrected chi connectivity index (χ0v) is 11.8. The molecule has 110 valence electrons. The SMILES string of the molecule is O=[N+]([O-])c1ccc2c(c1)[C@@H]1C=CC[C@@H]1[C@@H](c1ccccn1)N2. The second kappa shape index (κ2) is 4.94. The molecule has 1 aromatic heterocycles. The third-order valence-electron chi connectivity index (χ3n) is 4.56. The molecule has 1 aliphatic heterocycles. The van der Waals surface area contributed by atoms with E-state index in [0.29, 0.717) is 5.92 Å². The summed E-state index contributed by atoms with van der Waals surface area (Å²) < 4.78 is 0. The topological polar surface area (TPSA) is 68.1 Å². The van der Waals surface area contributed by atoms with E-state index in [4.69, 9.17) is 0 Å². The molecular weight excluding hydrogens is 278 g/mol. The van der Waals surface area contributed by atoms with Crippen molar-refractivity contribution in [3.8, 4) is 0 Å². The third kappa shape index (κ3) is 1.97. The summed E-state index contributed by atoms with van der Waals surface area (Å²) in [4.78, 5) is 15.2. The number of nitro benzene ring substituents is 1. The van der Waals surface area contributed by atoms with Gasteiger partial charge in [0.2, 0.25) is 0 Å². The Kier molecular flexibility index (Phi) is 2.92. The molecule has 2 aliphatic rings. The van der Waals surface area contributed by atoms with Gasteiger partial charge < -0.3 is 5.32 Å². The highest BCUT2D eigenvalue weighted by atomic mass is 16.6. The molecule has 0 radical (unpaired) electrons. The van der Waals surface area contributed by atoms with E-state index in [1.807, 2.05) is 24.3 Å². The maximum atomic E-state index is 11.0. The molecule has 0 saturated carbocycles. The molecule has 0 spiro atoms. The molecule has 1 N–H and O–H groups in total. The smallest absolute Gasteiger partial charge is 0.269 e. The van der Waals surface area contributed by atoms with Crippen LogP contribution in [0.15, 0.2) is 54.7 Å². The van der Waals surface area contributed by atoms with Gasteiger partial charge in [0.05, 0.1) is 16.7 Å². The van der Waals surface area contributed by atoms with E-state index in [1.165, 1.54) is 0 Å². The van der Waals surface area contributed by atoms with Crippen LogP contribution in [-0.2, 0) is 0 Å². The third-order valence-corrected chi connectivity index (χ3v) is 4.56. The molecule has 0 amide bonds. The van der Waals surface area contributed by atoms with Crippen LogP contribution in [0.3, 0.4) is 0 Å². The summed E-state index contributed by atoms with van der Waals surface area (Å²) >= 11 is 0. The lowest BCUT2D eigenvalue weighted by atomic mass is 9.78. The van der Waals surface area contributed by atoms with Crippen molar-refractivity contribution < 1.29 is 4.92 Å². The lowest BCUT2D eigenvalue weighted by Crippen LogP contribution is -2.29. The number of allylic oxidation sites excluding steroid dienone is 2. The van der Waals surface area contributed by atoms with Crippen molar-refractivity contribution in [2.45, 2.75) is 18.4 Å². The number of benzene rings is 1. The summed E-state index contributed by atoms with van der Waals surface area (Å²) in [5.41, 5.74) is 3.15. The molecule has 1 aromatic carbocycles. The predicted molar refractivity (Wildman–Crippen MR) is 83.7 cm³/mol. The van der Waals surface area contributed by atoms with Gasteiger partial charge >= 0.3 is 0 Å². The molecule has 0 bridgehead atoms. The van der Waals surface area contributed by atoms with Crippen LogP contribution in [0.25, 0.3) is 0 Å². The highest BCUT2D eigenvalue weighted by Gasteiger charge is 2.39. The van der Waals surface area contributed by atoms with Gasteiger partial charge in [-0.05, 0) is 36.1 Å². The quantitative estimate of drug-likeness (QED) is 0.519. The van der Waals surface area contributed by atoms with Gasteiger partial charge in [0.1, 0.15) is 0 Å². The zero-order chi connectivity index (χ0) is 15.1. The summed E-state index contributed by atoms with van der Waals surface area (Å²) in [5.74, 6) is 0.563. The van der Waals surface area contributed by atoms with Crippen molar-refractivity contribution in [2.75, 3.05) is 5.32 Å². The number of pyridine rings is 1. The first-order valence-corrected chi connectivity index (χ1v) is 7.36. The predicted octanol–water partition coefficient (Wildman–Crippen LogP) is 3.82. The summed E-state index contributed by atoms with van der Waals surface area (Å²) in [6.07, 6.45) is 7.10. The Bertz CT molecular complexity index is 758. The Balaban J connectivity index is 1.79. The molecule has 0 fully saturated rings. The number of hydrogen-bond acceptors (Lipinski definition) is 4. The summed E-state index contributed by atoms with van der Waals surface area (Å²) in [6.45, 7) is 0. The Morgan fingerprint density at radius 1 is 1.27 bits per heavy atom. The normalized spacial score (nSPS) is 25.2. The molecule has 0 saturated heterocycles. The van der Waals surface area contributed by atoms with Crippen LogP contribution in [0.1, 0.15) is 29.6 Å². The van der Waals surface area contributed by atoms with Gasteiger partial charge in [-0.1, -0.05) is 18.2 Å². The van der Waals surface area contributed by atoms with Crippen LogP contribution in [-0.4, -0.2) is 9.91 Å². The Hall–Kier alpha value is -2.69.